The molecule has 0 aromatic heterocycles. The van der Waals surface area contributed by atoms with Gasteiger partial charge in [0.15, 0.2) is 0 Å². The lowest BCUT2D eigenvalue weighted by atomic mass is 9.97. The zero-order chi connectivity index (χ0) is 12.2. The van der Waals surface area contributed by atoms with Crippen molar-refractivity contribution in [2.24, 2.45) is 0 Å². The van der Waals surface area contributed by atoms with Crippen LogP contribution in [0.1, 0.15) is 39.5 Å². The Hall–Kier alpha value is -1.10. The largest absolute Gasteiger partial charge is 0.481 e. The highest BCUT2D eigenvalue weighted by Gasteiger charge is 2.27. The first-order chi connectivity index (χ1) is 7.41. The third-order valence-corrected chi connectivity index (χ3v) is 2.80. The molecule has 92 valence electrons. The van der Waals surface area contributed by atoms with E-state index >= 15 is 0 Å². The zero-order valence-corrected chi connectivity index (χ0v) is 9.88. The second-order valence-electron chi connectivity index (χ2n) is 4.92. The Labute approximate surface area is 95.6 Å². The Balaban J connectivity index is 2.38. The number of carboxylic acid groups (broad SMARTS) is 1. The van der Waals surface area contributed by atoms with Crippen molar-refractivity contribution >= 4 is 11.9 Å². The second-order valence-corrected chi connectivity index (χ2v) is 4.92. The van der Waals surface area contributed by atoms with Gasteiger partial charge in [-0.25, -0.2) is 0 Å². The Bertz CT molecular complexity index is 270. The zero-order valence-electron chi connectivity index (χ0n) is 9.88. The third-order valence-electron chi connectivity index (χ3n) is 2.80. The van der Waals surface area contributed by atoms with Crippen molar-refractivity contribution in [3.8, 4) is 0 Å². The van der Waals surface area contributed by atoms with E-state index in [1.165, 1.54) is 0 Å². The van der Waals surface area contributed by atoms with E-state index in [9.17, 15) is 9.59 Å². The van der Waals surface area contributed by atoms with Crippen LogP contribution in [0, 0.1) is 0 Å². The quantitative estimate of drug-likeness (QED) is 0.640. The molecule has 1 saturated heterocycles. The maximum Gasteiger partial charge on any atom is 0.303 e. The molecule has 0 aromatic carbocycles. The summed E-state index contributed by atoms with van der Waals surface area (Å²) in [5, 5.41) is 14.6. The highest BCUT2D eigenvalue weighted by molar-refractivity contribution is 5.82. The van der Waals surface area contributed by atoms with Gasteiger partial charge in [-0.1, -0.05) is 0 Å². The van der Waals surface area contributed by atoms with E-state index in [2.05, 4.69) is 10.6 Å². The van der Waals surface area contributed by atoms with E-state index in [0.717, 1.165) is 19.4 Å². The van der Waals surface area contributed by atoms with Gasteiger partial charge in [-0.3, -0.25) is 9.59 Å². The molecule has 1 rings (SSSR count). The number of carboxylic acids is 1. The van der Waals surface area contributed by atoms with E-state index in [-0.39, 0.29) is 18.4 Å². The molecule has 1 amide bonds. The maximum absolute atomic E-state index is 11.8. The molecule has 0 spiro atoms. The molecule has 0 unspecified atom stereocenters. The van der Waals surface area contributed by atoms with Crippen molar-refractivity contribution < 1.29 is 14.7 Å². The van der Waals surface area contributed by atoms with E-state index in [4.69, 9.17) is 5.11 Å². The maximum atomic E-state index is 11.8. The van der Waals surface area contributed by atoms with Crippen LogP contribution in [0.4, 0.5) is 0 Å². The number of rotatable bonds is 5. The standard InChI is InChI=1S/C11H20N2O3/c1-11(2,6-5-9(14)15)13-10(16)8-4-3-7-12-8/h8,12H,3-7H2,1-2H3,(H,13,16)(H,14,15)/t8-/m0/s1. The monoisotopic (exact) mass is 228 g/mol. The van der Waals surface area contributed by atoms with Crippen molar-refractivity contribution in [2.75, 3.05) is 6.54 Å². The predicted octanol–water partition coefficient (Wildman–Crippen LogP) is 0.498. The SMILES string of the molecule is CC(C)(CCC(=O)O)NC(=O)[C@@H]1CCCN1. The van der Waals surface area contributed by atoms with Gasteiger partial charge in [0.2, 0.25) is 5.91 Å². The number of aliphatic carboxylic acids is 1. The molecular weight excluding hydrogens is 208 g/mol. The molecule has 1 aliphatic rings. The molecule has 0 aliphatic carbocycles. The lowest BCUT2D eigenvalue weighted by Gasteiger charge is -2.27. The van der Waals surface area contributed by atoms with Gasteiger partial charge in [-0.15, -0.1) is 0 Å². The first-order valence-corrected chi connectivity index (χ1v) is 5.68. The van der Waals surface area contributed by atoms with Gasteiger partial charge in [0, 0.05) is 12.0 Å². The summed E-state index contributed by atoms with van der Waals surface area (Å²) in [6.45, 7) is 4.58. The summed E-state index contributed by atoms with van der Waals surface area (Å²) in [7, 11) is 0. The van der Waals surface area contributed by atoms with Crippen LogP contribution in [0.15, 0.2) is 0 Å². The molecule has 1 aliphatic heterocycles. The average molecular weight is 228 g/mol. The van der Waals surface area contributed by atoms with Gasteiger partial charge in [0.1, 0.15) is 0 Å². The van der Waals surface area contributed by atoms with Crippen LogP contribution >= 0.6 is 0 Å². The van der Waals surface area contributed by atoms with Gasteiger partial charge in [-0.05, 0) is 39.7 Å². The van der Waals surface area contributed by atoms with Gasteiger partial charge in [-0.2, -0.15) is 0 Å². The normalized spacial score (nSPS) is 20.8. The average Bonchev–Trinajstić information content (AvgIpc) is 2.67. The van der Waals surface area contributed by atoms with Crippen molar-refractivity contribution in [1.29, 1.82) is 0 Å². The van der Waals surface area contributed by atoms with E-state index < -0.39 is 11.5 Å². The molecule has 5 heteroatoms. The van der Waals surface area contributed by atoms with E-state index in [1.54, 1.807) is 0 Å². The summed E-state index contributed by atoms with van der Waals surface area (Å²) in [6.07, 6.45) is 2.40. The van der Waals surface area contributed by atoms with Crippen LogP contribution in [0.3, 0.4) is 0 Å². The van der Waals surface area contributed by atoms with Crippen LogP contribution < -0.4 is 10.6 Å². The highest BCUT2D eigenvalue weighted by atomic mass is 16.4. The molecule has 1 heterocycles. The Morgan fingerprint density at radius 1 is 1.50 bits per heavy atom. The molecule has 16 heavy (non-hydrogen) atoms. The number of amides is 1. The smallest absolute Gasteiger partial charge is 0.303 e. The summed E-state index contributed by atoms with van der Waals surface area (Å²) in [5.74, 6) is -0.853. The van der Waals surface area contributed by atoms with E-state index in [0.29, 0.717) is 6.42 Å². The van der Waals surface area contributed by atoms with Gasteiger partial charge in [0.05, 0.1) is 6.04 Å². The van der Waals surface area contributed by atoms with Crippen molar-refractivity contribution in [3.05, 3.63) is 0 Å². The van der Waals surface area contributed by atoms with E-state index in [1.807, 2.05) is 13.8 Å². The molecule has 5 nitrogen and oxygen atoms in total. The lowest BCUT2D eigenvalue weighted by Crippen LogP contribution is -2.50. The highest BCUT2D eigenvalue weighted by Crippen LogP contribution is 2.13. The third kappa shape index (κ3) is 4.18. The molecule has 0 radical (unpaired) electrons. The summed E-state index contributed by atoms with van der Waals surface area (Å²) in [4.78, 5) is 22.2. The first kappa shape index (κ1) is 13.0. The van der Waals surface area contributed by atoms with Crippen LogP contribution in [0.25, 0.3) is 0 Å². The predicted molar refractivity (Wildman–Crippen MR) is 60.1 cm³/mol. The Morgan fingerprint density at radius 2 is 2.19 bits per heavy atom. The van der Waals surface area contributed by atoms with Crippen LogP contribution in [-0.2, 0) is 9.59 Å². The lowest BCUT2D eigenvalue weighted by molar-refractivity contribution is -0.138. The number of hydrogen-bond acceptors (Lipinski definition) is 3. The van der Waals surface area contributed by atoms with Gasteiger partial charge < -0.3 is 15.7 Å². The molecule has 1 atom stereocenters. The summed E-state index contributed by atoms with van der Waals surface area (Å²) >= 11 is 0. The number of nitrogens with one attached hydrogen (secondary N) is 2. The molecule has 0 aromatic rings. The molecular formula is C11H20N2O3. The van der Waals surface area contributed by atoms with Crippen molar-refractivity contribution in [3.63, 3.8) is 0 Å². The number of carbonyl (C=O) groups is 2. The fraction of sp³-hybridized carbons (Fsp3) is 0.818. The summed E-state index contributed by atoms with van der Waals surface area (Å²) in [6, 6.07) is -0.107. The Morgan fingerprint density at radius 3 is 2.69 bits per heavy atom. The number of hydrogen-bond donors (Lipinski definition) is 3. The fourth-order valence-corrected chi connectivity index (χ4v) is 1.81. The fourth-order valence-electron chi connectivity index (χ4n) is 1.81. The van der Waals surface area contributed by atoms with Crippen molar-refractivity contribution in [2.45, 2.75) is 51.1 Å². The minimum atomic E-state index is -0.832. The minimum absolute atomic E-state index is 0.0205. The van der Waals surface area contributed by atoms with Gasteiger partial charge >= 0.3 is 5.97 Å². The van der Waals surface area contributed by atoms with Crippen LogP contribution in [-0.4, -0.2) is 35.1 Å². The number of carbonyl (C=O) groups excluding carboxylic acids is 1. The first-order valence-electron chi connectivity index (χ1n) is 5.68. The molecule has 3 N–H and O–H groups in total. The minimum Gasteiger partial charge on any atom is -0.481 e. The van der Waals surface area contributed by atoms with Crippen molar-refractivity contribution in [1.82, 2.24) is 10.6 Å². The van der Waals surface area contributed by atoms with Crippen LogP contribution in [0.5, 0.6) is 0 Å². The summed E-state index contributed by atoms with van der Waals surface area (Å²) < 4.78 is 0. The Kier molecular flexibility index (Phi) is 4.29. The summed E-state index contributed by atoms with van der Waals surface area (Å²) in [5.41, 5.74) is -0.459. The molecule has 0 saturated carbocycles. The van der Waals surface area contributed by atoms with Gasteiger partial charge in [0.25, 0.3) is 0 Å². The molecule has 0 bridgehead atoms. The molecule has 1 fully saturated rings. The van der Waals surface area contributed by atoms with Crippen LogP contribution in [0.2, 0.25) is 0 Å². The second kappa shape index (κ2) is 5.30. The topological polar surface area (TPSA) is 78.4 Å².